The van der Waals surface area contributed by atoms with Crippen molar-refractivity contribution in [3.63, 3.8) is 0 Å². The van der Waals surface area contributed by atoms with E-state index in [0.29, 0.717) is 12.8 Å². The lowest BCUT2D eigenvalue weighted by Gasteiger charge is -2.46. The van der Waals surface area contributed by atoms with E-state index in [1.54, 1.807) is 13.8 Å². The van der Waals surface area contributed by atoms with Crippen molar-refractivity contribution in [1.82, 2.24) is 5.06 Å². The van der Waals surface area contributed by atoms with Gasteiger partial charge in [0.1, 0.15) is 6.61 Å². The van der Waals surface area contributed by atoms with Gasteiger partial charge in [0.2, 0.25) is 0 Å². The topological polar surface area (TPSA) is 128 Å². The average Bonchev–Trinajstić information content (AvgIpc) is 2.44. The molecule has 1 N–H and O–H groups in total. The smallest absolute Gasteiger partial charge is 0.294 e. The fourth-order valence-electron chi connectivity index (χ4n) is 3.20. The van der Waals surface area contributed by atoms with Crippen LogP contribution < -0.4 is 0 Å². The summed E-state index contributed by atoms with van der Waals surface area (Å²) in [5.74, 6) is -0.860. The van der Waals surface area contributed by atoms with Gasteiger partial charge < -0.3 is 14.9 Å². The molecular formula is C12H23N3O7. The van der Waals surface area contributed by atoms with Gasteiger partial charge in [0, 0.05) is 17.0 Å². The van der Waals surface area contributed by atoms with Crippen LogP contribution in [0.1, 0.15) is 40.5 Å². The SMILES string of the molecule is CC1(C)CCC(CO[N+](=O)[O-])C(CO[N+](=O)[O-])C(C)(C)N1O. The Kier molecular flexibility index (Phi) is 5.52. The molecule has 0 amide bonds. The van der Waals surface area contributed by atoms with Gasteiger partial charge in [0.15, 0.2) is 0 Å². The number of hydrogen-bond donors (Lipinski definition) is 1. The first-order valence-corrected chi connectivity index (χ1v) is 7.02. The Bertz CT molecular complexity index is 427. The highest BCUT2D eigenvalue weighted by Gasteiger charge is 2.48. The molecule has 0 aromatic carbocycles. The Morgan fingerprint density at radius 2 is 1.64 bits per heavy atom. The highest BCUT2D eigenvalue weighted by molar-refractivity contribution is 4.98. The van der Waals surface area contributed by atoms with Crippen LogP contribution in [0.5, 0.6) is 0 Å². The number of hydrogen-bond acceptors (Lipinski definition) is 8. The van der Waals surface area contributed by atoms with Crippen molar-refractivity contribution in [3.05, 3.63) is 20.2 Å². The molecule has 1 heterocycles. The van der Waals surface area contributed by atoms with Crippen LogP contribution in [-0.4, -0.2) is 44.7 Å². The van der Waals surface area contributed by atoms with E-state index < -0.39 is 27.2 Å². The summed E-state index contributed by atoms with van der Waals surface area (Å²) >= 11 is 0. The van der Waals surface area contributed by atoms with Crippen LogP contribution in [0.3, 0.4) is 0 Å². The quantitative estimate of drug-likeness (QED) is 0.578. The van der Waals surface area contributed by atoms with E-state index in [2.05, 4.69) is 9.68 Å². The van der Waals surface area contributed by atoms with E-state index in [9.17, 15) is 25.4 Å². The lowest BCUT2D eigenvalue weighted by atomic mass is 9.78. The van der Waals surface area contributed by atoms with E-state index in [-0.39, 0.29) is 19.1 Å². The van der Waals surface area contributed by atoms with Crippen LogP contribution in [0.2, 0.25) is 0 Å². The van der Waals surface area contributed by atoms with E-state index in [4.69, 9.17) is 0 Å². The summed E-state index contributed by atoms with van der Waals surface area (Å²) in [4.78, 5) is 29.9. The molecule has 0 aromatic rings. The molecule has 1 fully saturated rings. The second kappa shape index (κ2) is 6.61. The van der Waals surface area contributed by atoms with Crippen molar-refractivity contribution in [2.45, 2.75) is 51.6 Å². The summed E-state index contributed by atoms with van der Waals surface area (Å²) in [6, 6.07) is 0. The van der Waals surface area contributed by atoms with Gasteiger partial charge in [-0.15, -0.1) is 20.2 Å². The predicted octanol–water partition coefficient (Wildman–Crippen LogP) is 1.68. The molecule has 0 aliphatic carbocycles. The molecule has 0 aromatic heterocycles. The Balaban J connectivity index is 3.04. The molecule has 22 heavy (non-hydrogen) atoms. The minimum atomic E-state index is -0.904. The maximum absolute atomic E-state index is 10.5. The van der Waals surface area contributed by atoms with E-state index in [1.165, 1.54) is 5.06 Å². The molecule has 10 nitrogen and oxygen atoms in total. The molecule has 128 valence electrons. The summed E-state index contributed by atoms with van der Waals surface area (Å²) in [7, 11) is 0. The Morgan fingerprint density at radius 1 is 1.14 bits per heavy atom. The van der Waals surface area contributed by atoms with Gasteiger partial charge in [-0.3, -0.25) is 0 Å². The zero-order valence-electron chi connectivity index (χ0n) is 13.2. The predicted molar refractivity (Wildman–Crippen MR) is 73.9 cm³/mol. The van der Waals surface area contributed by atoms with Crippen molar-refractivity contribution in [3.8, 4) is 0 Å². The number of rotatable bonds is 6. The highest BCUT2D eigenvalue weighted by Crippen LogP contribution is 2.42. The van der Waals surface area contributed by atoms with Crippen LogP contribution in [0.25, 0.3) is 0 Å². The normalized spacial score (nSPS) is 27.7. The second-order valence-electron chi connectivity index (χ2n) is 6.72. The first-order chi connectivity index (χ1) is 9.98. The van der Waals surface area contributed by atoms with Crippen LogP contribution in [0.4, 0.5) is 0 Å². The zero-order chi connectivity index (χ0) is 17.1. The van der Waals surface area contributed by atoms with Gasteiger partial charge in [-0.25, -0.2) is 0 Å². The largest absolute Gasteiger partial charge is 0.314 e. The minimum absolute atomic E-state index is 0.188. The molecule has 2 unspecified atom stereocenters. The van der Waals surface area contributed by atoms with E-state index >= 15 is 0 Å². The third-order valence-electron chi connectivity index (χ3n) is 4.48. The lowest BCUT2D eigenvalue weighted by Crippen LogP contribution is -2.57. The van der Waals surface area contributed by atoms with Gasteiger partial charge in [-0.2, -0.15) is 5.06 Å². The Labute approximate surface area is 128 Å². The summed E-state index contributed by atoms with van der Waals surface area (Å²) in [5.41, 5.74) is -1.44. The molecular weight excluding hydrogens is 298 g/mol. The molecule has 1 rings (SSSR count). The van der Waals surface area contributed by atoms with Crippen LogP contribution >= 0.6 is 0 Å². The molecule has 1 aliphatic rings. The summed E-state index contributed by atoms with van der Waals surface area (Å²) in [5, 5.41) is 30.8. The molecule has 2 atom stereocenters. The van der Waals surface area contributed by atoms with E-state index in [0.717, 1.165) is 0 Å². The second-order valence-corrected chi connectivity index (χ2v) is 6.72. The summed E-state index contributed by atoms with van der Waals surface area (Å²) in [6.45, 7) is 6.69. The average molecular weight is 321 g/mol. The monoisotopic (exact) mass is 321 g/mol. The number of hydroxylamine groups is 2. The maximum Gasteiger partial charge on any atom is 0.294 e. The van der Waals surface area contributed by atoms with Crippen molar-refractivity contribution in [2.75, 3.05) is 13.2 Å². The van der Waals surface area contributed by atoms with Gasteiger partial charge in [0.25, 0.3) is 10.2 Å². The Morgan fingerprint density at radius 3 is 2.14 bits per heavy atom. The summed E-state index contributed by atoms with van der Waals surface area (Å²) < 4.78 is 0. The first-order valence-electron chi connectivity index (χ1n) is 7.02. The van der Waals surface area contributed by atoms with Gasteiger partial charge in [-0.05, 0) is 46.5 Å². The Hall–Kier alpha value is -1.68. The highest BCUT2D eigenvalue weighted by atomic mass is 17.0. The van der Waals surface area contributed by atoms with Gasteiger partial charge in [0.05, 0.1) is 6.61 Å². The maximum atomic E-state index is 10.5. The van der Waals surface area contributed by atoms with Crippen molar-refractivity contribution >= 4 is 0 Å². The zero-order valence-corrected chi connectivity index (χ0v) is 13.2. The van der Waals surface area contributed by atoms with Crippen molar-refractivity contribution < 1.29 is 25.1 Å². The third kappa shape index (κ3) is 4.17. The first kappa shape index (κ1) is 18.4. The van der Waals surface area contributed by atoms with Gasteiger partial charge in [-0.1, -0.05) is 0 Å². The molecule has 0 spiro atoms. The third-order valence-corrected chi connectivity index (χ3v) is 4.48. The molecule has 0 bridgehead atoms. The van der Waals surface area contributed by atoms with Crippen molar-refractivity contribution in [1.29, 1.82) is 0 Å². The van der Waals surface area contributed by atoms with Crippen molar-refractivity contribution in [2.24, 2.45) is 11.8 Å². The fourth-order valence-corrected chi connectivity index (χ4v) is 3.20. The fraction of sp³-hybridized carbons (Fsp3) is 1.00. The summed E-state index contributed by atoms with van der Waals surface area (Å²) in [6.07, 6.45) is 1.08. The molecule has 0 radical (unpaired) electrons. The standard InChI is InChI=1S/C12H23N3O7/c1-11(2)6-5-9(7-21-14(17)18)10(8-22-15(19)20)12(3,4)13(11)16/h9-10,16H,5-8H2,1-4H3. The van der Waals surface area contributed by atoms with Crippen LogP contribution in [-0.2, 0) is 9.68 Å². The molecule has 10 heteroatoms. The lowest BCUT2D eigenvalue weighted by molar-refractivity contribution is -0.764. The van der Waals surface area contributed by atoms with Crippen LogP contribution in [0.15, 0.2) is 0 Å². The minimum Gasteiger partial charge on any atom is -0.314 e. The van der Waals surface area contributed by atoms with Gasteiger partial charge >= 0.3 is 0 Å². The molecule has 1 aliphatic heterocycles. The number of nitrogens with zero attached hydrogens (tertiary/aromatic N) is 3. The van der Waals surface area contributed by atoms with E-state index in [1.807, 2.05) is 13.8 Å². The van der Waals surface area contributed by atoms with Crippen LogP contribution in [0, 0.1) is 32.1 Å². The molecule has 1 saturated heterocycles. The molecule has 0 saturated carbocycles.